The number of methoxy groups -OCH3 is 3. The first-order valence-electron chi connectivity index (χ1n) is 10.5. The van der Waals surface area contributed by atoms with Gasteiger partial charge in [0, 0.05) is 31.7 Å². The summed E-state index contributed by atoms with van der Waals surface area (Å²) in [6, 6.07) is 6.86. The number of nitrogens with zero attached hydrogens (tertiary/aromatic N) is 4. The van der Waals surface area contributed by atoms with Crippen LogP contribution in [0.2, 0.25) is 0 Å². The Labute approximate surface area is 200 Å². The van der Waals surface area contributed by atoms with Gasteiger partial charge >= 0.3 is 0 Å². The van der Waals surface area contributed by atoms with Crippen molar-refractivity contribution in [1.82, 2.24) is 25.0 Å². The SMILES string of the molecule is COc1cc(-c2nc(SCC(=O)N3CCN(C(=O)c4ccco4)CC3)n[nH]2)cc(OC)c1OC. The Hall–Kier alpha value is -3.67. The Morgan fingerprint density at radius 2 is 1.74 bits per heavy atom. The van der Waals surface area contributed by atoms with Gasteiger partial charge in [-0.2, -0.15) is 0 Å². The van der Waals surface area contributed by atoms with Crippen LogP contribution < -0.4 is 14.2 Å². The molecule has 1 saturated heterocycles. The van der Waals surface area contributed by atoms with Crippen molar-refractivity contribution in [1.29, 1.82) is 0 Å². The van der Waals surface area contributed by atoms with E-state index >= 15 is 0 Å². The predicted molar refractivity (Wildman–Crippen MR) is 123 cm³/mol. The highest BCUT2D eigenvalue weighted by molar-refractivity contribution is 7.99. The number of aromatic amines is 1. The van der Waals surface area contributed by atoms with Gasteiger partial charge in [0.2, 0.25) is 16.8 Å². The second kappa shape index (κ2) is 10.5. The molecule has 1 aromatic carbocycles. The molecule has 0 saturated carbocycles. The van der Waals surface area contributed by atoms with Gasteiger partial charge in [0.05, 0.1) is 33.3 Å². The van der Waals surface area contributed by atoms with Crippen molar-refractivity contribution in [3.05, 3.63) is 36.3 Å². The third-order valence-corrected chi connectivity index (χ3v) is 6.21. The van der Waals surface area contributed by atoms with Crippen molar-refractivity contribution in [3.8, 4) is 28.6 Å². The zero-order valence-electron chi connectivity index (χ0n) is 19.1. The number of carbonyl (C=O) groups excluding carboxylic acids is 2. The summed E-state index contributed by atoms with van der Waals surface area (Å²) >= 11 is 1.24. The molecule has 0 radical (unpaired) electrons. The molecule has 1 fully saturated rings. The normalized spacial score (nSPS) is 13.6. The van der Waals surface area contributed by atoms with Gasteiger partial charge in [0.1, 0.15) is 0 Å². The molecule has 2 aromatic heterocycles. The predicted octanol–water partition coefficient (Wildman–Crippen LogP) is 2.17. The number of thioether (sulfide) groups is 1. The lowest BCUT2D eigenvalue weighted by atomic mass is 10.1. The van der Waals surface area contributed by atoms with Gasteiger partial charge in [-0.05, 0) is 24.3 Å². The zero-order valence-corrected chi connectivity index (χ0v) is 19.9. The molecule has 0 atom stereocenters. The van der Waals surface area contributed by atoms with Crippen molar-refractivity contribution in [3.63, 3.8) is 0 Å². The number of ether oxygens (including phenoxy) is 3. The molecule has 11 nitrogen and oxygen atoms in total. The summed E-state index contributed by atoms with van der Waals surface area (Å²) in [5.41, 5.74) is 0.706. The van der Waals surface area contributed by atoms with Crippen LogP contribution >= 0.6 is 11.8 Å². The van der Waals surface area contributed by atoms with E-state index < -0.39 is 0 Å². The minimum Gasteiger partial charge on any atom is -0.493 e. The van der Waals surface area contributed by atoms with E-state index in [0.717, 1.165) is 0 Å². The number of hydrogen-bond donors (Lipinski definition) is 1. The molecular formula is C22H25N5O6S. The van der Waals surface area contributed by atoms with E-state index in [9.17, 15) is 9.59 Å². The quantitative estimate of drug-likeness (QED) is 0.476. The summed E-state index contributed by atoms with van der Waals surface area (Å²) < 4.78 is 21.3. The lowest BCUT2D eigenvalue weighted by Crippen LogP contribution is -2.51. The Kier molecular flexibility index (Phi) is 7.26. The van der Waals surface area contributed by atoms with Crippen LogP contribution in [-0.2, 0) is 4.79 Å². The van der Waals surface area contributed by atoms with E-state index in [4.69, 9.17) is 18.6 Å². The fraction of sp³-hybridized carbons (Fsp3) is 0.364. The molecule has 0 spiro atoms. The topological polar surface area (TPSA) is 123 Å². The molecule has 2 amide bonds. The summed E-state index contributed by atoms with van der Waals surface area (Å²) in [5, 5.41) is 7.54. The van der Waals surface area contributed by atoms with Crippen molar-refractivity contribution in [2.24, 2.45) is 0 Å². The Morgan fingerprint density at radius 3 is 2.32 bits per heavy atom. The molecule has 34 heavy (non-hydrogen) atoms. The maximum absolute atomic E-state index is 12.7. The molecule has 0 unspecified atom stereocenters. The number of amides is 2. The number of carbonyl (C=O) groups is 2. The van der Waals surface area contributed by atoms with Crippen LogP contribution in [0.1, 0.15) is 10.6 Å². The van der Waals surface area contributed by atoms with E-state index in [2.05, 4.69) is 15.2 Å². The number of rotatable bonds is 8. The number of H-pyrrole nitrogens is 1. The number of nitrogens with one attached hydrogen (secondary N) is 1. The average Bonchev–Trinajstić information content (AvgIpc) is 3.58. The molecule has 1 aliphatic heterocycles. The second-order valence-electron chi connectivity index (χ2n) is 7.32. The monoisotopic (exact) mass is 487 g/mol. The molecule has 180 valence electrons. The molecule has 4 rings (SSSR count). The molecule has 1 N–H and O–H groups in total. The largest absolute Gasteiger partial charge is 0.493 e. The van der Waals surface area contributed by atoms with Gasteiger partial charge in [-0.25, -0.2) is 4.98 Å². The van der Waals surface area contributed by atoms with Gasteiger partial charge in [-0.3, -0.25) is 14.7 Å². The lowest BCUT2D eigenvalue weighted by molar-refractivity contribution is -0.129. The third-order valence-electron chi connectivity index (χ3n) is 5.38. The highest BCUT2D eigenvalue weighted by Gasteiger charge is 2.26. The smallest absolute Gasteiger partial charge is 0.289 e. The van der Waals surface area contributed by atoms with E-state index in [1.807, 2.05) is 0 Å². The summed E-state index contributed by atoms with van der Waals surface area (Å²) in [4.78, 5) is 32.9. The lowest BCUT2D eigenvalue weighted by Gasteiger charge is -2.34. The van der Waals surface area contributed by atoms with Crippen molar-refractivity contribution in [2.45, 2.75) is 5.16 Å². The van der Waals surface area contributed by atoms with Crippen LogP contribution in [0.25, 0.3) is 11.4 Å². The van der Waals surface area contributed by atoms with Gasteiger partial charge < -0.3 is 28.4 Å². The van der Waals surface area contributed by atoms with Gasteiger partial charge in [0.25, 0.3) is 5.91 Å². The second-order valence-corrected chi connectivity index (χ2v) is 8.26. The van der Waals surface area contributed by atoms with E-state index in [0.29, 0.717) is 65.7 Å². The van der Waals surface area contributed by atoms with Crippen LogP contribution in [0.15, 0.2) is 40.1 Å². The number of benzene rings is 1. The van der Waals surface area contributed by atoms with Crippen LogP contribution in [0.3, 0.4) is 0 Å². The highest BCUT2D eigenvalue weighted by Crippen LogP contribution is 2.40. The standard InChI is InChI=1S/C22H25N5O6S/c1-30-16-11-14(12-17(31-2)19(16)32-3)20-23-22(25-24-20)34-13-18(28)26-6-8-27(9-7-26)21(29)15-5-4-10-33-15/h4-5,10-12H,6-9,13H2,1-3H3,(H,23,24,25). The van der Waals surface area contributed by atoms with Crippen LogP contribution in [0, 0.1) is 0 Å². The van der Waals surface area contributed by atoms with Crippen molar-refractivity contribution >= 4 is 23.6 Å². The number of piperazine rings is 1. The fourth-order valence-electron chi connectivity index (χ4n) is 3.59. The number of furan rings is 1. The molecule has 3 aromatic rings. The first-order valence-corrected chi connectivity index (χ1v) is 11.5. The van der Waals surface area contributed by atoms with Gasteiger partial charge in [0.15, 0.2) is 23.1 Å². The fourth-order valence-corrected chi connectivity index (χ4v) is 4.29. The van der Waals surface area contributed by atoms with E-state index in [1.165, 1.54) is 25.1 Å². The van der Waals surface area contributed by atoms with E-state index in [1.54, 1.807) is 48.3 Å². The molecule has 0 aliphatic carbocycles. The molecular weight excluding hydrogens is 462 g/mol. The summed E-state index contributed by atoms with van der Waals surface area (Å²) in [6.45, 7) is 1.86. The van der Waals surface area contributed by atoms with Gasteiger partial charge in [-0.15, -0.1) is 5.10 Å². The maximum Gasteiger partial charge on any atom is 0.289 e. The summed E-state index contributed by atoms with van der Waals surface area (Å²) in [5.74, 6) is 2.31. The van der Waals surface area contributed by atoms with E-state index in [-0.39, 0.29) is 17.6 Å². The minimum atomic E-state index is -0.161. The Morgan fingerprint density at radius 1 is 1.06 bits per heavy atom. The molecule has 12 heteroatoms. The number of hydrogen-bond acceptors (Lipinski definition) is 9. The summed E-state index contributed by atoms with van der Waals surface area (Å²) in [6.07, 6.45) is 1.47. The minimum absolute atomic E-state index is 0.0331. The molecule has 1 aliphatic rings. The molecule has 0 bridgehead atoms. The molecule has 3 heterocycles. The van der Waals surface area contributed by atoms with Crippen LogP contribution in [0.4, 0.5) is 0 Å². The Balaban J connectivity index is 1.33. The highest BCUT2D eigenvalue weighted by atomic mass is 32.2. The van der Waals surface area contributed by atoms with Crippen LogP contribution in [-0.4, -0.2) is 90.1 Å². The van der Waals surface area contributed by atoms with Crippen molar-refractivity contribution < 1.29 is 28.2 Å². The van der Waals surface area contributed by atoms with Crippen LogP contribution in [0.5, 0.6) is 17.2 Å². The number of aromatic nitrogens is 3. The Bertz CT molecular complexity index is 1120. The maximum atomic E-state index is 12.7. The first-order chi connectivity index (χ1) is 16.5. The first kappa shape index (κ1) is 23.5. The van der Waals surface area contributed by atoms with Gasteiger partial charge in [-0.1, -0.05) is 11.8 Å². The third kappa shape index (κ3) is 4.96. The zero-order chi connectivity index (χ0) is 24.1. The average molecular weight is 488 g/mol. The summed E-state index contributed by atoms with van der Waals surface area (Å²) in [7, 11) is 4.62. The van der Waals surface area contributed by atoms with Crippen molar-refractivity contribution in [2.75, 3.05) is 53.3 Å².